The maximum absolute atomic E-state index is 11.7. The molecule has 16 heavy (non-hydrogen) atoms. The fourth-order valence-electron chi connectivity index (χ4n) is 0.969. The maximum Gasteiger partial charge on any atom is 0.422 e. The zero-order valence-electron chi connectivity index (χ0n) is 8.25. The summed E-state index contributed by atoms with van der Waals surface area (Å²) in [7, 11) is 0. The first-order valence-electron chi connectivity index (χ1n) is 4.49. The van der Waals surface area contributed by atoms with Crippen molar-refractivity contribution in [1.82, 2.24) is 5.32 Å². The molecular weight excluding hydrogens is 223 g/mol. The third kappa shape index (κ3) is 5.23. The monoisotopic (exact) mass is 233 g/mol. The number of carbonyl (C=O) groups excluding carboxylic acids is 1. The molecule has 88 valence electrons. The number of benzene rings is 1. The highest BCUT2D eigenvalue weighted by molar-refractivity contribution is 5.67. The van der Waals surface area contributed by atoms with Gasteiger partial charge in [0.25, 0.3) is 0 Å². The summed E-state index contributed by atoms with van der Waals surface area (Å²) < 4.78 is 39.0. The van der Waals surface area contributed by atoms with Crippen LogP contribution in [-0.2, 0) is 11.3 Å². The van der Waals surface area contributed by atoms with E-state index in [9.17, 15) is 18.0 Å². The molecular formula is C10H10F3NO2. The first-order valence-corrected chi connectivity index (χ1v) is 4.49. The number of hydrogen-bond donors (Lipinski definition) is 1. The number of hydrogen-bond acceptors (Lipinski definition) is 2. The number of amides is 1. The zero-order valence-corrected chi connectivity index (χ0v) is 8.25. The maximum atomic E-state index is 11.7. The van der Waals surface area contributed by atoms with Crippen molar-refractivity contribution in [3.05, 3.63) is 35.9 Å². The molecule has 0 heterocycles. The van der Waals surface area contributed by atoms with Crippen LogP contribution in [0.15, 0.2) is 30.3 Å². The molecule has 1 amide bonds. The first-order chi connectivity index (χ1) is 7.47. The minimum atomic E-state index is -4.50. The molecule has 0 spiro atoms. The van der Waals surface area contributed by atoms with E-state index in [1.54, 1.807) is 30.3 Å². The molecule has 0 atom stereocenters. The molecule has 0 aliphatic heterocycles. The second-order valence-electron chi connectivity index (χ2n) is 3.03. The standard InChI is InChI=1S/C10H10F3NO2/c11-10(12,13)7-16-9(15)14-6-8-4-2-1-3-5-8/h1-5H,6-7H2,(H,14,15). The van der Waals surface area contributed by atoms with Crippen LogP contribution in [0.1, 0.15) is 5.56 Å². The van der Waals surface area contributed by atoms with Gasteiger partial charge in [-0.2, -0.15) is 13.2 Å². The van der Waals surface area contributed by atoms with Crippen molar-refractivity contribution < 1.29 is 22.7 Å². The highest BCUT2D eigenvalue weighted by atomic mass is 19.4. The Bertz CT molecular complexity index is 338. The summed E-state index contributed by atoms with van der Waals surface area (Å²) in [6.45, 7) is -1.44. The number of alkyl halides is 3. The van der Waals surface area contributed by atoms with Gasteiger partial charge in [-0.3, -0.25) is 0 Å². The van der Waals surface area contributed by atoms with Gasteiger partial charge in [-0.25, -0.2) is 4.79 Å². The third-order valence-corrected chi connectivity index (χ3v) is 1.65. The van der Waals surface area contributed by atoms with E-state index in [1.165, 1.54) is 0 Å². The van der Waals surface area contributed by atoms with Crippen LogP contribution < -0.4 is 5.32 Å². The van der Waals surface area contributed by atoms with Crippen molar-refractivity contribution in [2.75, 3.05) is 6.61 Å². The molecule has 6 heteroatoms. The Balaban J connectivity index is 2.26. The van der Waals surface area contributed by atoms with E-state index < -0.39 is 18.9 Å². The van der Waals surface area contributed by atoms with Crippen molar-refractivity contribution in [3.63, 3.8) is 0 Å². The summed E-state index contributed by atoms with van der Waals surface area (Å²) >= 11 is 0. The molecule has 0 aliphatic carbocycles. The summed E-state index contributed by atoms with van der Waals surface area (Å²) in [5.74, 6) is 0. The number of carbonyl (C=O) groups is 1. The van der Waals surface area contributed by atoms with E-state index in [0.29, 0.717) is 0 Å². The molecule has 1 aromatic carbocycles. The fourth-order valence-corrected chi connectivity index (χ4v) is 0.969. The van der Waals surface area contributed by atoms with Crippen LogP contribution in [0.5, 0.6) is 0 Å². The molecule has 0 bridgehead atoms. The van der Waals surface area contributed by atoms with E-state index in [2.05, 4.69) is 10.1 Å². The fraction of sp³-hybridized carbons (Fsp3) is 0.300. The van der Waals surface area contributed by atoms with Crippen molar-refractivity contribution in [2.45, 2.75) is 12.7 Å². The Morgan fingerprint density at radius 3 is 2.44 bits per heavy atom. The van der Waals surface area contributed by atoms with Crippen molar-refractivity contribution in [2.24, 2.45) is 0 Å². The van der Waals surface area contributed by atoms with E-state index in [0.717, 1.165) is 5.56 Å². The van der Waals surface area contributed by atoms with Gasteiger partial charge >= 0.3 is 12.3 Å². The van der Waals surface area contributed by atoms with Gasteiger partial charge in [-0.15, -0.1) is 0 Å². The average Bonchev–Trinajstić information content (AvgIpc) is 2.24. The third-order valence-electron chi connectivity index (χ3n) is 1.65. The Labute approximate surface area is 90.2 Å². The first kappa shape index (κ1) is 12.4. The molecule has 0 fully saturated rings. The smallest absolute Gasteiger partial charge is 0.422 e. The Morgan fingerprint density at radius 1 is 1.25 bits per heavy atom. The van der Waals surface area contributed by atoms with Gasteiger partial charge in [0.05, 0.1) is 0 Å². The number of nitrogens with one attached hydrogen (secondary N) is 1. The van der Waals surface area contributed by atoms with Crippen LogP contribution in [0.4, 0.5) is 18.0 Å². The van der Waals surface area contributed by atoms with E-state index in [-0.39, 0.29) is 6.54 Å². The van der Waals surface area contributed by atoms with Crippen LogP contribution in [0.25, 0.3) is 0 Å². The van der Waals surface area contributed by atoms with Gasteiger partial charge in [-0.1, -0.05) is 30.3 Å². The molecule has 0 aromatic heterocycles. The summed E-state index contributed by atoms with van der Waals surface area (Å²) in [5.41, 5.74) is 0.784. The molecule has 1 N–H and O–H groups in total. The zero-order chi connectivity index (χ0) is 12.0. The van der Waals surface area contributed by atoms with Crippen LogP contribution in [0, 0.1) is 0 Å². The molecule has 1 rings (SSSR count). The van der Waals surface area contributed by atoms with Crippen molar-refractivity contribution >= 4 is 6.09 Å². The molecule has 0 saturated carbocycles. The second kappa shape index (κ2) is 5.39. The molecule has 0 unspecified atom stereocenters. The van der Waals surface area contributed by atoms with E-state index in [1.807, 2.05) is 0 Å². The minimum absolute atomic E-state index is 0.136. The lowest BCUT2D eigenvalue weighted by Gasteiger charge is -2.08. The van der Waals surface area contributed by atoms with Crippen LogP contribution >= 0.6 is 0 Å². The predicted octanol–water partition coefficient (Wildman–Crippen LogP) is 2.48. The van der Waals surface area contributed by atoms with E-state index >= 15 is 0 Å². The number of ether oxygens (including phenoxy) is 1. The average molecular weight is 233 g/mol. The largest absolute Gasteiger partial charge is 0.440 e. The van der Waals surface area contributed by atoms with Crippen LogP contribution in [0.3, 0.4) is 0 Å². The Morgan fingerprint density at radius 2 is 1.88 bits per heavy atom. The molecule has 3 nitrogen and oxygen atoms in total. The van der Waals surface area contributed by atoms with Gasteiger partial charge < -0.3 is 10.1 Å². The summed E-state index contributed by atoms with van der Waals surface area (Å²) in [4.78, 5) is 10.8. The lowest BCUT2D eigenvalue weighted by atomic mass is 10.2. The highest BCUT2D eigenvalue weighted by Crippen LogP contribution is 2.14. The normalized spacial score (nSPS) is 10.9. The van der Waals surface area contributed by atoms with Crippen molar-refractivity contribution in [3.8, 4) is 0 Å². The lowest BCUT2D eigenvalue weighted by molar-refractivity contribution is -0.160. The van der Waals surface area contributed by atoms with E-state index in [4.69, 9.17) is 0 Å². The topological polar surface area (TPSA) is 38.3 Å². The second-order valence-corrected chi connectivity index (χ2v) is 3.03. The van der Waals surface area contributed by atoms with Crippen LogP contribution in [0.2, 0.25) is 0 Å². The Kier molecular flexibility index (Phi) is 4.16. The summed E-state index contributed by atoms with van der Waals surface area (Å²) in [6.07, 6.45) is -5.58. The summed E-state index contributed by atoms with van der Waals surface area (Å²) in [6, 6.07) is 8.80. The highest BCUT2D eigenvalue weighted by Gasteiger charge is 2.29. The Hall–Kier alpha value is -1.72. The number of alkyl carbamates (subject to hydrolysis) is 1. The van der Waals surface area contributed by atoms with Crippen molar-refractivity contribution in [1.29, 1.82) is 0 Å². The van der Waals surface area contributed by atoms with Gasteiger partial charge in [0.15, 0.2) is 6.61 Å². The SMILES string of the molecule is O=C(NCc1ccccc1)OCC(F)(F)F. The van der Waals surface area contributed by atoms with Gasteiger partial charge in [0.1, 0.15) is 0 Å². The molecule has 0 radical (unpaired) electrons. The number of halogens is 3. The van der Waals surface area contributed by atoms with Gasteiger partial charge in [0.2, 0.25) is 0 Å². The lowest BCUT2D eigenvalue weighted by Crippen LogP contribution is -2.28. The quantitative estimate of drug-likeness (QED) is 0.870. The minimum Gasteiger partial charge on any atom is -0.440 e. The summed E-state index contributed by atoms with van der Waals surface area (Å²) in [5, 5.41) is 2.21. The van der Waals surface area contributed by atoms with Crippen LogP contribution in [-0.4, -0.2) is 18.9 Å². The van der Waals surface area contributed by atoms with Gasteiger partial charge in [-0.05, 0) is 5.56 Å². The predicted molar refractivity (Wildman–Crippen MR) is 50.7 cm³/mol. The molecule has 1 aromatic rings. The van der Waals surface area contributed by atoms with Gasteiger partial charge in [0, 0.05) is 6.54 Å². The molecule has 0 aliphatic rings. The molecule has 0 saturated heterocycles. The number of rotatable bonds is 3.